The molecule has 2 heterocycles. The molecule has 39 heavy (non-hydrogen) atoms. The molecule has 1 N–H and O–H groups in total. The molecule has 1 saturated heterocycles. The SMILES string of the molecule is COc1ccc(-n2ccc(/C=C3/C(=O)NC(=O)N(c4ccc(C56CC7CC(CC(C7)C5)C6)cc4)C3=O)c2)cc1. The number of benzene rings is 2. The molecular formula is C32H31N3O4. The average Bonchev–Trinajstić information content (AvgIpc) is 3.39. The van der Waals surface area contributed by atoms with Crippen LogP contribution in [0.15, 0.2) is 72.6 Å². The molecule has 4 aliphatic carbocycles. The van der Waals surface area contributed by atoms with Gasteiger partial charge in [-0.25, -0.2) is 9.69 Å². The second kappa shape index (κ2) is 8.97. The number of aromatic nitrogens is 1. The lowest BCUT2D eigenvalue weighted by molar-refractivity contribution is -0.122. The van der Waals surface area contributed by atoms with Gasteiger partial charge in [-0.15, -0.1) is 0 Å². The van der Waals surface area contributed by atoms with Crippen LogP contribution in [0.2, 0.25) is 0 Å². The van der Waals surface area contributed by atoms with Gasteiger partial charge in [0.1, 0.15) is 11.3 Å². The van der Waals surface area contributed by atoms with E-state index in [-0.39, 0.29) is 11.0 Å². The van der Waals surface area contributed by atoms with E-state index in [1.165, 1.54) is 50.2 Å². The second-order valence-corrected chi connectivity index (χ2v) is 11.8. The Morgan fingerprint density at radius 3 is 2.08 bits per heavy atom. The fourth-order valence-corrected chi connectivity index (χ4v) is 7.90. The van der Waals surface area contributed by atoms with Gasteiger partial charge in [0.25, 0.3) is 11.8 Å². The lowest BCUT2D eigenvalue weighted by atomic mass is 9.48. The number of imide groups is 2. The normalized spacial score (nSPS) is 28.7. The fraction of sp³-hybridized carbons (Fsp3) is 0.344. The van der Waals surface area contributed by atoms with Crippen LogP contribution in [0.3, 0.4) is 0 Å². The first-order valence-electron chi connectivity index (χ1n) is 13.8. The van der Waals surface area contributed by atoms with Crippen LogP contribution < -0.4 is 15.0 Å². The molecule has 7 nitrogen and oxygen atoms in total. The van der Waals surface area contributed by atoms with E-state index in [1.807, 2.05) is 59.4 Å². The van der Waals surface area contributed by atoms with Crippen molar-refractivity contribution in [3.8, 4) is 11.4 Å². The summed E-state index contributed by atoms with van der Waals surface area (Å²) in [6.45, 7) is 0. The molecule has 0 unspecified atom stereocenters. The molecule has 1 aliphatic heterocycles. The maximum absolute atomic E-state index is 13.5. The number of methoxy groups -OCH3 is 1. The van der Waals surface area contributed by atoms with Gasteiger partial charge in [0.2, 0.25) is 0 Å². The zero-order valence-corrected chi connectivity index (χ0v) is 21.9. The van der Waals surface area contributed by atoms with Gasteiger partial charge >= 0.3 is 6.03 Å². The van der Waals surface area contributed by atoms with Crippen molar-refractivity contribution in [1.29, 1.82) is 0 Å². The van der Waals surface area contributed by atoms with E-state index < -0.39 is 17.8 Å². The number of ether oxygens (including phenoxy) is 1. The standard InChI is InChI=1S/C32H31N3O4/c1-39-27-8-6-25(7-9-27)34-11-10-20(19-34)15-28-29(36)33-31(38)35(30(28)37)26-4-2-24(3-5-26)32-16-21-12-22(17-32)14-23(13-21)18-32/h2-11,15,19,21-23H,12-14,16-18H2,1H3,(H,33,36,38)/b28-15-. The van der Waals surface area contributed by atoms with Gasteiger partial charge in [0.15, 0.2) is 0 Å². The van der Waals surface area contributed by atoms with Gasteiger partial charge in [0.05, 0.1) is 12.8 Å². The van der Waals surface area contributed by atoms with Crippen LogP contribution in [0, 0.1) is 17.8 Å². The predicted octanol–water partition coefficient (Wildman–Crippen LogP) is 5.62. The summed E-state index contributed by atoms with van der Waals surface area (Å²) in [5.74, 6) is 1.96. The minimum Gasteiger partial charge on any atom is -0.497 e. The summed E-state index contributed by atoms with van der Waals surface area (Å²) in [5, 5.41) is 2.34. The lowest BCUT2D eigenvalue weighted by Crippen LogP contribution is -2.54. The molecule has 2 aromatic carbocycles. The van der Waals surface area contributed by atoms with Gasteiger partial charge in [-0.1, -0.05) is 12.1 Å². The maximum Gasteiger partial charge on any atom is 0.335 e. The molecule has 5 aliphatic rings. The maximum atomic E-state index is 13.5. The molecule has 198 valence electrons. The highest BCUT2D eigenvalue weighted by Crippen LogP contribution is 2.60. The molecule has 4 saturated carbocycles. The number of hydrogen-bond donors (Lipinski definition) is 1. The molecule has 4 bridgehead atoms. The third-order valence-electron chi connectivity index (χ3n) is 9.28. The zero-order chi connectivity index (χ0) is 26.7. The van der Waals surface area contributed by atoms with Crippen LogP contribution in [0.5, 0.6) is 5.75 Å². The van der Waals surface area contributed by atoms with Gasteiger partial charge in [-0.05, 0) is 121 Å². The molecule has 3 aromatic rings. The topological polar surface area (TPSA) is 80.6 Å². The number of barbiturate groups is 1. The Bertz CT molecular complexity index is 1460. The first-order chi connectivity index (χ1) is 18.9. The highest BCUT2D eigenvalue weighted by atomic mass is 16.5. The number of carbonyl (C=O) groups excluding carboxylic acids is 3. The Balaban J connectivity index is 1.14. The number of carbonyl (C=O) groups is 3. The predicted molar refractivity (Wildman–Crippen MR) is 148 cm³/mol. The third-order valence-corrected chi connectivity index (χ3v) is 9.28. The minimum atomic E-state index is -0.722. The van der Waals surface area contributed by atoms with Gasteiger partial charge in [-0.3, -0.25) is 14.9 Å². The quantitative estimate of drug-likeness (QED) is 0.349. The van der Waals surface area contributed by atoms with E-state index in [1.54, 1.807) is 7.11 Å². The number of rotatable bonds is 5. The molecule has 0 spiro atoms. The number of nitrogens with one attached hydrogen (secondary N) is 1. The van der Waals surface area contributed by atoms with E-state index in [0.29, 0.717) is 11.3 Å². The summed E-state index contributed by atoms with van der Waals surface area (Å²) in [4.78, 5) is 40.0. The molecule has 1 aromatic heterocycles. The van der Waals surface area contributed by atoms with E-state index in [9.17, 15) is 14.4 Å². The molecule has 5 fully saturated rings. The highest BCUT2D eigenvalue weighted by molar-refractivity contribution is 6.39. The van der Waals surface area contributed by atoms with Crippen LogP contribution in [-0.2, 0) is 15.0 Å². The first kappa shape index (κ1) is 23.9. The van der Waals surface area contributed by atoms with Crippen molar-refractivity contribution in [2.75, 3.05) is 12.0 Å². The molecule has 7 heteroatoms. The van der Waals surface area contributed by atoms with Crippen molar-refractivity contribution in [3.63, 3.8) is 0 Å². The van der Waals surface area contributed by atoms with Gasteiger partial charge in [0, 0.05) is 18.1 Å². The van der Waals surface area contributed by atoms with Gasteiger partial charge in [-0.2, -0.15) is 0 Å². The van der Waals surface area contributed by atoms with Gasteiger partial charge < -0.3 is 9.30 Å². The number of amides is 4. The monoisotopic (exact) mass is 521 g/mol. The van der Waals surface area contributed by atoms with Crippen molar-refractivity contribution in [3.05, 3.63) is 83.7 Å². The average molecular weight is 522 g/mol. The van der Waals surface area contributed by atoms with Crippen molar-refractivity contribution in [1.82, 2.24) is 9.88 Å². The van der Waals surface area contributed by atoms with E-state index in [0.717, 1.165) is 34.1 Å². The number of urea groups is 1. The number of hydrogen-bond acceptors (Lipinski definition) is 4. The highest BCUT2D eigenvalue weighted by Gasteiger charge is 2.51. The molecule has 0 radical (unpaired) electrons. The van der Waals surface area contributed by atoms with E-state index >= 15 is 0 Å². The summed E-state index contributed by atoms with van der Waals surface area (Å²) in [5.41, 5.74) is 3.54. The van der Waals surface area contributed by atoms with Crippen molar-refractivity contribution >= 4 is 29.6 Å². The fourth-order valence-electron chi connectivity index (χ4n) is 7.90. The Labute approximate surface area is 227 Å². The molecule has 4 amide bonds. The Morgan fingerprint density at radius 1 is 0.846 bits per heavy atom. The van der Waals surface area contributed by atoms with E-state index in [2.05, 4.69) is 17.4 Å². The van der Waals surface area contributed by atoms with Crippen molar-refractivity contribution in [2.45, 2.75) is 43.9 Å². The lowest BCUT2D eigenvalue weighted by Gasteiger charge is -2.57. The smallest absolute Gasteiger partial charge is 0.335 e. The summed E-state index contributed by atoms with van der Waals surface area (Å²) in [6.07, 6.45) is 13.1. The summed E-state index contributed by atoms with van der Waals surface area (Å²) in [7, 11) is 1.62. The van der Waals surface area contributed by atoms with Crippen LogP contribution in [-0.4, -0.2) is 29.5 Å². The number of nitrogens with zero attached hydrogens (tertiary/aromatic N) is 2. The minimum absolute atomic E-state index is 0.0766. The largest absolute Gasteiger partial charge is 0.497 e. The van der Waals surface area contributed by atoms with E-state index in [4.69, 9.17) is 4.74 Å². The van der Waals surface area contributed by atoms with Crippen LogP contribution in [0.4, 0.5) is 10.5 Å². The molecule has 8 rings (SSSR count). The summed E-state index contributed by atoms with van der Waals surface area (Å²) < 4.78 is 7.11. The second-order valence-electron chi connectivity index (χ2n) is 11.8. The Kier molecular flexibility index (Phi) is 5.51. The summed E-state index contributed by atoms with van der Waals surface area (Å²) >= 11 is 0. The Hall–Kier alpha value is -4.13. The number of anilines is 1. The van der Waals surface area contributed by atoms with Crippen LogP contribution in [0.1, 0.15) is 49.7 Å². The zero-order valence-electron chi connectivity index (χ0n) is 21.9. The molecule has 0 atom stereocenters. The first-order valence-corrected chi connectivity index (χ1v) is 13.8. The Morgan fingerprint density at radius 2 is 1.46 bits per heavy atom. The molecular weight excluding hydrogens is 490 g/mol. The van der Waals surface area contributed by atoms with Crippen LogP contribution in [0.25, 0.3) is 11.8 Å². The van der Waals surface area contributed by atoms with Crippen molar-refractivity contribution in [2.24, 2.45) is 17.8 Å². The third kappa shape index (κ3) is 4.08. The van der Waals surface area contributed by atoms with Crippen LogP contribution >= 0.6 is 0 Å². The summed E-state index contributed by atoms with van der Waals surface area (Å²) in [6, 6.07) is 16.6. The van der Waals surface area contributed by atoms with Crippen molar-refractivity contribution < 1.29 is 19.1 Å².